The highest BCUT2D eigenvalue weighted by molar-refractivity contribution is 5.86. The van der Waals surface area contributed by atoms with E-state index in [0.717, 1.165) is 40.0 Å². The van der Waals surface area contributed by atoms with Gasteiger partial charge >= 0.3 is 5.97 Å². The van der Waals surface area contributed by atoms with Crippen molar-refractivity contribution in [3.05, 3.63) is 53.3 Å². The minimum Gasteiger partial charge on any atom is -0.497 e. The van der Waals surface area contributed by atoms with E-state index < -0.39 is 0 Å². The van der Waals surface area contributed by atoms with Crippen molar-refractivity contribution < 1.29 is 14.3 Å². The van der Waals surface area contributed by atoms with Gasteiger partial charge in [-0.3, -0.25) is 9.48 Å². The highest BCUT2D eigenvalue weighted by Gasteiger charge is 2.15. The van der Waals surface area contributed by atoms with Gasteiger partial charge in [0.15, 0.2) is 0 Å². The maximum Gasteiger partial charge on any atom is 0.311 e. The fraction of sp³-hybridized carbons (Fsp3) is 0.391. The predicted octanol–water partition coefficient (Wildman–Crippen LogP) is 4.86. The Morgan fingerprint density at radius 3 is 2.43 bits per heavy atom. The molecule has 0 bridgehead atoms. The standard InChI is InChI=1S/C23H28N2O3/c1-15(2)14-25-17(4)22(16(3)24-25)10-11-23(26)28-21-9-7-18-6-8-20(27-5)12-19(18)13-21/h6-9,12-13,15H,10-11,14H2,1-5H3. The summed E-state index contributed by atoms with van der Waals surface area (Å²) in [5.41, 5.74) is 3.27. The Hall–Kier alpha value is -2.82. The number of rotatable bonds is 7. The van der Waals surface area contributed by atoms with Crippen molar-refractivity contribution in [2.75, 3.05) is 7.11 Å². The van der Waals surface area contributed by atoms with Crippen LogP contribution in [0.2, 0.25) is 0 Å². The second-order valence-electron chi connectivity index (χ2n) is 7.57. The molecule has 0 saturated carbocycles. The molecule has 5 heteroatoms. The summed E-state index contributed by atoms with van der Waals surface area (Å²) in [6.45, 7) is 9.30. The van der Waals surface area contributed by atoms with Crippen LogP contribution in [0.3, 0.4) is 0 Å². The number of aryl methyl sites for hydroxylation is 1. The van der Waals surface area contributed by atoms with Crippen molar-refractivity contribution in [1.82, 2.24) is 9.78 Å². The molecule has 5 nitrogen and oxygen atoms in total. The first-order chi connectivity index (χ1) is 13.4. The number of aromatic nitrogens is 2. The van der Waals surface area contributed by atoms with Crippen LogP contribution in [-0.2, 0) is 17.8 Å². The summed E-state index contributed by atoms with van der Waals surface area (Å²) in [4.78, 5) is 12.4. The lowest BCUT2D eigenvalue weighted by molar-refractivity contribution is -0.134. The smallest absolute Gasteiger partial charge is 0.311 e. The van der Waals surface area contributed by atoms with E-state index in [4.69, 9.17) is 9.47 Å². The molecule has 3 rings (SSSR count). The largest absolute Gasteiger partial charge is 0.497 e. The summed E-state index contributed by atoms with van der Waals surface area (Å²) in [5, 5.41) is 6.67. The number of hydrogen-bond acceptors (Lipinski definition) is 4. The predicted molar refractivity (Wildman–Crippen MR) is 111 cm³/mol. The normalized spacial score (nSPS) is 11.2. The molecule has 0 N–H and O–H groups in total. The zero-order valence-corrected chi connectivity index (χ0v) is 17.3. The summed E-state index contributed by atoms with van der Waals surface area (Å²) in [6, 6.07) is 11.5. The Morgan fingerprint density at radius 1 is 1.07 bits per heavy atom. The van der Waals surface area contributed by atoms with Crippen LogP contribution in [-0.4, -0.2) is 22.9 Å². The van der Waals surface area contributed by atoms with Gasteiger partial charge in [-0.25, -0.2) is 0 Å². The van der Waals surface area contributed by atoms with Gasteiger partial charge in [0.1, 0.15) is 11.5 Å². The number of esters is 1. The van der Waals surface area contributed by atoms with E-state index in [1.165, 1.54) is 0 Å². The molecular weight excluding hydrogens is 352 g/mol. The average molecular weight is 380 g/mol. The van der Waals surface area contributed by atoms with Gasteiger partial charge in [0, 0.05) is 12.2 Å². The topological polar surface area (TPSA) is 53.4 Å². The highest BCUT2D eigenvalue weighted by atomic mass is 16.5. The van der Waals surface area contributed by atoms with Crippen LogP contribution in [0.4, 0.5) is 0 Å². The molecule has 3 aromatic rings. The maximum absolute atomic E-state index is 12.4. The fourth-order valence-corrected chi connectivity index (χ4v) is 3.42. The number of methoxy groups -OCH3 is 1. The van der Waals surface area contributed by atoms with E-state index in [2.05, 4.69) is 25.9 Å². The first-order valence-corrected chi connectivity index (χ1v) is 9.68. The molecule has 0 amide bonds. The number of ether oxygens (including phenoxy) is 2. The van der Waals surface area contributed by atoms with Crippen LogP contribution >= 0.6 is 0 Å². The molecule has 28 heavy (non-hydrogen) atoms. The Morgan fingerprint density at radius 2 is 1.75 bits per heavy atom. The number of nitrogens with zero attached hydrogens (tertiary/aromatic N) is 2. The van der Waals surface area contributed by atoms with Crippen LogP contribution in [0.25, 0.3) is 10.8 Å². The molecule has 0 aliphatic heterocycles. The molecule has 2 aromatic carbocycles. The third-order valence-electron chi connectivity index (χ3n) is 4.90. The Labute approximate surface area is 166 Å². The molecule has 0 spiro atoms. The highest BCUT2D eigenvalue weighted by Crippen LogP contribution is 2.25. The van der Waals surface area contributed by atoms with Gasteiger partial charge in [0.05, 0.1) is 19.2 Å². The van der Waals surface area contributed by atoms with Crippen molar-refractivity contribution in [3.8, 4) is 11.5 Å². The Bertz CT molecular complexity index is 989. The van der Waals surface area contributed by atoms with Crippen molar-refractivity contribution >= 4 is 16.7 Å². The van der Waals surface area contributed by atoms with Crippen LogP contribution in [0.5, 0.6) is 11.5 Å². The van der Waals surface area contributed by atoms with Gasteiger partial charge in [-0.2, -0.15) is 5.10 Å². The Balaban J connectivity index is 1.66. The first-order valence-electron chi connectivity index (χ1n) is 9.68. The number of carbonyl (C=O) groups excluding carboxylic acids is 1. The maximum atomic E-state index is 12.4. The zero-order valence-electron chi connectivity index (χ0n) is 17.3. The molecule has 0 radical (unpaired) electrons. The van der Waals surface area contributed by atoms with Gasteiger partial charge in [-0.05, 0) is 66.8 Å². The molecule has 0 aliphatic rings. The molecule has 1 heterocycles. The molecule has 148 valence electrons. The number of hydrogen-bond donors (Lipinski definition) is 0. The lowest BCUT2D eigenvalue weighted by Crippen LogP contribution is -2.10. The van der Waals surface area contributed by atoms with E-state index in [-0.39, 0.29) is 5.97 Å². The fourth-order valence-electron chi connectivity index (χ4n) is 3.42. The van der Waals surface area contributed by atoms with Crippen molar-refractivity contribution in [2.45, 2.75) is 47.1 Å². The van der Waals surface area contributed by atoms with Crippen LogP contribution in [0.15, 0.2) is 36.4 Å². The van der Waals surface area contributed by atoms with Crippen molar-refractivity contribution in [3.63, 3.8) is 0 Å². The Kier molecular flexibility index (Phi) is 6.02. The van der Waals surface area contributed by atoms with E-state index in [1.807, 2.05) is 48.0 Å². The van der Waals surface area contributed by atoms with Gasteiger partial charge in [-0.15, -0.1) is 0 Å². The average Bonchev–Trinajstić information content (AvgIpc) is 2.91. The molecular formula is C23H28N2O3. The molecule has 0 atom stereocenters. The minimum absolute atomic E-state index is 0.238. The SMILES string of the molecule is COc1ccc2ccc(OC(=O)CCc3c(C)nn(CC(C)C)c3C)cc2c1. The summed E-state index contributed by atoms with van der Waals surface area (Å²) in [7, 11) is 1.64. The van der Waals surface area contributed by atoms with Crippen molar-refractivity contribution in [2.24, 2.45) is 5.92 Å². The number of carbonyl (C=O) groups is 1. The second kappa shape index (κ2) is 8.46. The summed E-state index contributed by atoms with van der Waals surface area (Å²) in [5.74, 6) is 1.62. The monoisotopic (exact) mass is 380 g/mol. The zero-order chi connectivity index (χ0) is 20.3. The molecule has 0 fully saturated rings. The third kappa shape index (κ3) is 4.53. The van der Waals surface area contributed by atoms with Crippen LogP contribution < -0.4 is 9.47 Å². The van der Waals surface area contributed by atoms with E-state index in [9.17, 15) is 4.79 Å². The van der Waals surface area contributed by atoms with Gasteiger partial charge in [0.25, 0.3) is 0 Å². The summed E-state index contributed by atoms with van der Waals surface area (Å²) >= 11 is 0. The molecule has 1 aromatic heterocycles. The van der Waals surface area contributed by atoms with E-state index >= 15 is 0 Å². The van der Waals surface area contributed by atoms with Crippen LogP contribution in [0.1, 0.15) is 37.2 Å². The number of benzene rings is 2. The third-order valence-corrected chi connectivity index (χ3v) is 4.90. The van der Waals surface area contributed by atoms with Crippen LogP contribution in [0, 0.1) is 19.8 Å². The molecule has 0 aliphatic carbocycles. The van der Waals surface area contributed by atoms with E-state index in [1.54, 1.807) is 7.11 Å². The molecule has 0 unspecified atom stereocenters. The van der Waals surface area contributed by atoms with Gasteiger partial charge < -0.3 is 9.47 Å². The van der Waals surface area contributed by atoms with E-state index in [0.29, 0.717) is 24.5 Å². The molecule has 0 saturated heterocycles. The lowest BCUT2D eigenvalue weighted by atomic mass is 10.1. The lowest BCUT2D eigenvalue weighted by Gasteiger charge is -2.09. The van der Waals surface area contributed by atoms with Crippen molar-refractivity contribution in [1.29, 1.82) is 0 Å². The quantitative estimate of drug-likeness (QED) is 0.434. The number of fused-ring (bicyclic) bond motifs is 1. The van der Waals surface area contributed by atoms with Gasteiger partial charge in [-0.1, -0.05) is 26.0 Å². The summed E-state index contributed by atoms with van der Waals surface area (Å²) in [6.07, 6.45) is 0.960. The second-order valence-corrected chi connectivity index (χ2v) is 7.57. The minimum atomic E-state index is -0.238. The van der Waals surface area contributed by atoms with Gasteiger partial charge in [0.2, 0.25) is 0 Å². The first kappa shape index (κ1) is 19.9. The summed E-state index contributed by atoms with van der Waals surface area (Å²) < 4.78 is 12.9.